The lowest BCUT2D eigenvalue weighted by Gasteiger charge is -2.18. The van der Waals surface area contributed by atoms with E-state index in [1.807, 2.05) is 48.5 Å². The third kappa shape index (κ3) is 4.35. The lowest BCUT2D eigenvalue weighted by atomic mass is 9.98. The Labute approximate surface area is 195 Å². The second-order valence-electron chi connectivity index (χ2n) is 8.01. The molecule has 0 bridgehead atoms. The number of hydrogen-bond acceptors (Lipinski definition) is 6. The zero-order valence-electron chi connectivity index (χ0n) is 18.6. The Bertz CT molecular complexity index is 1210. The summed E-state index contributed by atoms with van der Waals surface area (Å²) in [5.74, 6) is -2.34. The molecule has 1 aliphatic carbocycles. The van der Waals surface area contributed by atoms with Crippen LogP contribution in [0.15, 0.2) is 54.7 Å². The average molecular weight is 464 g/mol. The zero-order chi connectivity index (χ0) is 24.4. The van der Waals surface area contributed by atoms with Gasteiger partial charge < -0.3 is 20.3 Å². The van der Waals surface area contributed by atoms with Gasteiger partial charge in [-0.05, 0) is 29.2 Å². The molecule has 34 heavy (non-hydrogen) atoms. The van der Waals surface area contributed by atoms with Crippen LogP contribution in [0, 0.1) is 0 Å². The molecule has 4 rings (SSSR count). The fourth-order valence-electron chi connectivity index (χ4n) is 4.14. The number of fused-ring (bicyclic) bond motifs is 3. The van der Waals surface area contributed by atoms with Crippen molar-refractivity contribution in [2.24, 2.45) is 7.05 Å². The first-order valence-corrected chi connectivity index (χ1v) is 10.6. The average Bonchev–Trinajstić information content (AvgIpc) is 3.33. The van der Waals surface area contributed by atoms with Crippen LogP contribution in [0.5, 0.6) is 0 Å². The van der Waals surface area contributed by atoms with E-state index in [1.165, 1.54) is 24.9 Å². The predicted octanol–water partition coefficient (Wildman–Crippen LogP) is 2.34. The van der Waals surface area contributed by atoms with Gasteiger partial charge in [-0.3, -0.25) is 14.8 Å². The van der Waals surface area contributed by atoms with Crippen LogP contribution in [0.2, 0.25) is 0 Å². The SMILES string of the molecule is C[C@@H](O)[C@H](NC(=O)c1c(NC(=O)OCC2c3ccccc3-c3ccccc32)cnn1C)C(=O)O. The number of anilines is 1. The Morgan fingerprint density at radius 2 is 1.68 bits per heavy atom. The molecule has 0 spiro atoms. The highest BCUT2D eigenvalue weighted by atomic mass is 16.5. The molecular formula is C24H24N4O6. The van der Waals surface area contributed by atoms with Crippen molar-refractivity contribution in [3.05, 3.63) is 71.5 Å². The van der Waals surface area contributed by atoms with Crippen LogP contribution < -0.4 is 10.6 Å². The van der Waals surface area contributed by atoms with E-state index >= 15 is 0 Å². The monoisotopic (exact) mass is 464 g/mol. The van der Waals surface area contributed by atoms with Gasteiger partial charge in [0.1, 0.15) is 12.3 Å². The quantitative estimate of drug-likeness (QED) is 0.420. The fraction of sp³-hybridized carbons (Fsp3) is 0.250. The van der Waals surface area contributed by atoms with Gasteiger partial charge in [-0.15, -0.1) is 0 Å². The van der Waals surface area contributed by atoms with Crippen LogP contribution in [0.3, 0.4) is 0 Å². The summed E-state index contributed by atoms with van der Waals surface area (Å²) in [4.78, 5) is 36.5. The molecule has 176 valence electrons. The largest absolute Gasteiger partial charge is 0.480 e. The normalized spacial score (nSPS) is 14.0. The van der Waals surface area contributed by atoms with Gasteiger partial charge in [0.25, 0.3) is 5.91 Å². The van der Waals surface area contributed by atoms with E-state index in [2.05, 4.69) is 15.7 Å². The summed E-state index contributed by atoms with van der Waals surface area (Å²) >= 11 is 0. The molecule has 2 amide bonds. The van der Waals surface area contributed by atoms with Crippen LogP contribution in [0.4, 0.5) is 10.5 Å². The van der Waals surface area contributed by atoms with Crippen molar-refractivity contribution in [1.29, 1.82) is 0 Å². The number of nitrogens with one attached hydrogen (secondary N) is 2. The van der Waals surface area contributed by atoms with Crippen LogP contribution in [-0.2, 0) is 16.6 Å². The van der Waals surface area contributed by atoms with Gasteiger partial charge in [-0.25, -0.2) is 9.59 Å². The van der Waals surface area contributed by atoms with E-state index < -0.39 is 30.1 Å². The number of benzene rings is 2. The van der Waals surface area contributed by atoms with E-state index in [0.29, 0.717) is 0 Å². The number of aliphatic carboxylic acids is 1. The Kier molecular flexibility index (Phi) is 6.33. The topological polar surface area (TPSA) is 143 Å². The number of aryl methyl sites for hydroxylation is 1. The summed E-state index contributed by atoms with van der Waals surface area (Å²) in [6.07, 6.45) is -0.850. The summed E-state index contributed by atoms with van der Waals surface area (Å²) in [6, 6.07) is 14.4. The van der Waals surface area contributed by atoms with Crippen LogP contribution in [0.1, 0.15) is 34.5 Å². The number of carboxylic acids is 1. The smallest absolute Gasteiger partial charge is 0.411 e. The highest BCUT2D eigenvalue weighted by Gasteiger charge is 2.30. The van der Waals surface area contributed by atoms with Crippen molar-refractivity contribution in [3.63, 3.8) is 0 Å². The molecule has 1 aromatic heterocycles. The molecule has 2 aromatic carbocycles. The molecule has 2 atom stereocenters. The van der Waals surface area contributed by atoms with Crippen LogP contribution in [-0.4, -0.2) is 56.7 Å². The highest BCUT2D eigenvalue weighted by Crippen LogP contribution is 2.44. The molecule has 1 aliphatic rings. The minimum absolute atomic E-state index is 0.0481. The number of aliphatic hydroxyl groups excluding tert-OH is 1. The second kappa shape index (κ2) is 9.36. The molecule has 3 aromatic rings. The molecule has 0 radical (unpaired) electrons. The predicted molar refractivity (Wildman–Crippen MR) is 122 cm³/mol. The third-order valence-corrected chi connectivity index (χ3v) is 5.77. The lowest BCUT2D eigenvalue weighted by Crippen LogP contribution is -2.48. The number of carbonyl (C=O) groups is 3. The van der Waals surface area contributed by atoms with Gasteiger partial charge >= 0.3 is 12.1 Å². The standard InChI is InChI=1S/C24H24N4O6/c1-13(29)20(23(31)32)27-22(30)21-19(11-25-28(21)2)26-24(33)34-12-18-16-9-5-3-7-14(16)15-8-4-6-10-17(15)18/h3-11,13,18,20,29H,12H2,1-2H3,(H,26,33)(H,27,30)(H,31,32)/t13-,20+/m1/s1. The number of amides is 2. The zero-order valence-corrected chi connectivity index (χ0v) is 18.6. The van der Waals surface area contributed by atoms with E-state index in [4.69, 9.17) is 4.74 Å². The number of aromatic nitrogens is 2. The van der Waals surface area contributed by atoms with Gasteiger partial charge in [-0.2, -0.15) is 5.10 Å². The summed E-state index contributed by atoms with van der Waals surface area (Å²) in [5.41, 5.74) is 4.30. The van der Waals surface area contributed by atoms with Crippen molar-refractivity contribution < 1.29 is 29.3 Å². The van der Waals surface area contributed by atoms with Gasteiger partial charge in [0.2, 0.25) is 0 Å². The number of nitrogens with zero attached hydrogens (tertiary/aromatic N) is 2. The second-order valence-corrected chi connectivity index (χ2v) is 8.01. The third-order valence-electron chi connectivity index (χ3n) is 5.77. The number of aliphatic hydroxyl groups is 1. The van der Waals surface area contributed by atoms with E-state index in [1.54, 1.807) is 0 Å². The number of rotatable bonds is 7. The van der Waals surface area contributed by atoms with E-state index in [-0.39, 0.29) is 23.9 Å². The number of carbonyl (C=O) groups excluding carboxylic acids is 2. The van der Waals surface area contributed by atoms with Gasteiger partial charge in [0.15, 0.2) is 6.04 Å². The van der Waals surface area contributed by atoms with Crippen molar-refractivity contribution in [1.82, 2.24) is 15.1 Å². The van der Waals surface area contributed by atoms with Crippen molar-refractivity contribution in [2.45, 2.75) is 25.0 Å². The maximum atomic E-state index is 12.7. The Morgan fingerprint density at radius 3 is 2.24 bits per heavy atom. The summed E-state index contributed by atoms with van der Waals surface area (Å²) < 4.78 is 6.68. The van der Waals surface area contributed by atoms with Crippen molar-refractivity contribution in [3.8, 4) is 11.1 Å². The number of carboxylic acid groups (broad SMARTS) is 1. The summed E-state index contributed by atoms with van der Waals surface area (Å²) in [5, 5.41) is 27.5. The minimum atomic E-state index is -1.52. The molecule has 0 unspecified atom stereocenters. The number of hydrogen-bond donors (Lipinski definition) is 4. The first-order valence-electron chi connectivity index (χ1n) is 10.6. The molecule has 0 aliphatic heterocycles. The minimum Gasteiger partial charge on any atom is -0.480 e. The highest BCUT2D eigenvalue weighted by molar-refractivity contribution is 6.02. The summed E-state index contributed by atoms with van der Waals surface area (Å²) in [6.45, 7) is 1.34. The van der Waals surface area contributed by atoms with Crippen molar-refractivity contribution >= 4 is 23.7 Å². The molecule has 0 saturated carbocycles. The lowest BCUT2D eigenvalue weighted by molar-refractivity contribution is -0.141. The first kappa shape index (κ1) is 23.0. The van der Waals surface area contributed by atoms with Gasteiger partial charge in [0, 0.05) is 13.0 Å². The van der Waals surface area contributed by atoms with E-state index in [9.17, 15) is 24.6 Å². The van der Waals surface area contributed by atoms with Gasteiger partial charge in [0.05, 0.1) is 18.0 Å². The molecule has 1 heterocycles. The Balaban J connectivity index is 1.46. The molecule has 10 heteroatoms. The van der Waals surface area contributed by atoms with E-state index in [0.717, 1.165) is 22.3 Å². The van der Waals surface area contributed by atoms with Crippen molar-refractivity contribution in [2.75, 3.05) is 11.9 Å². The van der Waals surface area contributed by atoms with Crippen LogP contribution >= 0.6 is 0 Å². The molecule has 0 saturated heterocycles. The fourth-order valence-corrected chi connectivity index (χ4v) is 4.14. The molecule has 10 nitrogen and oxygen atoms in total. The first-order chi connectivity index (χ1) is 16.3. The maximum absolute atomic E-state index is 12.7. The molecule has 4 N–H and O–H groups in total. The Morgan fingerprint density at radius 1 is 1.09 bits per heavy atom. The summed E-state index contributed by atoms with van der Waals surface area (Å²) in [7, 11) is 1.47. The Hall–Kier alpha value is -4.18. The van der Waals surface area contributed by atoms with Crippen LogP contribution in [0.25, 0.3) is 11.1 Å². The number of ether oxygens (including phenoxy) is 1. The molecular weight excluding hydrogens is 440 g/mol. The maximum Gasteiger partial charge on any atom is 0.411 e. The van der Waals surface area contributed by atoms with Gasteiger partial charge in [-0.1, -0.05) is 48.5 Å². The molecule has 0 fully saturated rings.